The van der Waals surface area contributed by atoms with Crippen LogP contribution < -0.4 is 5.32 Å². The van der Waals surface area contributed by atoms with Crippen molar-refractivity contribution in [1.82, 2.24) is 5.32 Å². The highest BCUT2D eigenvalue weighted by atomic mass is 32.2. The lowest BCUT2D eigenvalue weighted by molar-refractivity contribution is -0.121. The van der Waals surface area contributed by atoms with Gasteiger partial charge in [-0.1, -0.05) is 43.2 Å². The molecule has 0 heterocycles. The molecule has 0 radical (unpaired) electrons. The lowest BCUT2D eigenvalue weighted by Crippen LogP contribution is -2.38. The van der Waals surface area contributed by atoms with Gasteiger partial charge in [-0.15, -0.1) is 0 Å². The molecule has 10 heteroatoms. The van der Waals surface area contributed by atoms with Crippen molar-refractivity contribution in [2.75, 3.05) is 18.1 Å². The molecule has 1 atom stereocenters. The lowest BCUT2D eigenvalue weighted by atomic mass is 10.1. The fraction of sp³-hybridized carbons (Fsp3) is 0.611. The van der Waals surface area contributed by atoms with Gasteiger partial charge in [0.2, 0.25) is 5.91 Å². The number of benzene rings is 1. The van der Waals surface area contributed by atoms with Crippen molar-refractivity contribution in [2.45, 2.75) is 44.6 Å². The van der Waals surface area contributed by atoms with Crippen LogP contribution in [-0.4, -0.2) is 48.3 Å². The highest BCUT2D eigenvalue weighted by molar-refractivity contribution is 7.91. The zero-order chi connectivity index (χ0) is 20.6. The predicted molar refractivity (Wildman–Crippen MR) is 105 cm³/mol. The molecule has 1 aromatic rings. The van der Waals surface area contributed by atoms with Crippen LogP contribution in [0.2, 0.25) is 0 Å². The van der Waals surface area contributed by atoms with Crippen molar-refractivity contribution in [2.24, 2.45) is 5.92 Å². The van der Waals surface area contributed by atoms with Gasteiger partial charge in [-0.3, -0.25) is 9.32 Å². The molecule has 1 aliphatic rings. The zero-order valence-corrected chi connectivity index (χ0v) is 17.4. The molecule has 0 saturated heterocycles. The molecule has 0 spiro atoms. The number of carbonyl (C=O) groups excluding carboxylic acids is 1. The Hall–Kier alpha value is -1.25. The molecule has 1 saturated carbocycles. The zero-order valence-electron chi connectivity index (χ0n) is 15.7. The smallest absolute Gasteiger partial charge is 0.353 e. The highest BCUT2D eigenvalue weighted by Gasteiger charge is 2.30. The standard InChI is InChI=1S/C18H28NO7PS/c20-18(11-10-15-6-2-1-3-7-15)19-12-17(26-27(21,22)23)14-28(24,25)13-16-8-4-5-9-16/h1-3,6-7,16-17H,4-5,8-14H2,(H,19,20)(H2,21,22,23). The maximum Gasteiger partial charge on any atom is 0.469 e. The van der Waals surface area contributed by atoms with Crippen molar-refractivity contribution in [3.8, 4) is 0 Å². The molecule has 3 N–H and O–H groups in total. The van der Waals surface area contributed by atoms with Crippen LogP contribution in [0.25, 0.3) is 0 Å². The molecule has 158 valence electrons. The monoisotopic (exact) mass is 433 g/mol. The van der Waals surface area contributed by atoms with E-state index in [0.717, 1.165) is 31.2 Å². The molecule has 1 fully saturated rings. The summed E-state index contributed by atoms with van der Waals surface area (Å²) in [6.45, 7) is -0.275. The Morgan fingerprint density at radius 1 is 1.21 bits per heavy atom. The number of aryl methyl sites for hydroxylation is 1. The van der Waals surface area contributed by atoms with E-state index in [1.165, 1.54) is 0 Å². The Morgan fingerprint density at radius 2 is 1.86 bits per heavy atom. The predicted octanol–water partition coefficient (Wildman–Crippen LogP) is 1.82. The van der Waals surface area contributed by atoms with E-state index in [0.29, 0.717) is 6.42 Å². The highest BCUT2D eigenvalue weighted by Crippen LogP contribution is 2.38. The minimum Gasteiger partial charge on any atom is -0.353 e. The second-order valence-electron chi connectivity index (χ2n) is 7.24. The van der Waals surface area contributed by atoms with Crippen molar-refractivity contribution >= 4 is 23.6 Å². The molecule has 1 amide bonds. The van der Waals surface area contributed by atoms with Gasteiger partial charge in [-0.05, 0) is 30.7 Å². The van der Waals surface area contributed by atoms with E-state index in [2.05, 4.69) is 9.84 Å². The first kappa shape index (κ1) is 23.0. The van der Waals surface area contributed by atoms with Gasteiger partial charge >= 0.3 is 7.82 Å². The van der Waals surface area contributed by atoms with Gasteiger partial charge in [0.25, 0.3) is 0 Å². The molecule has 0 aromatic heterocycles. The van der Waals surface area contributed by atoms with E-state index in [1.54, 1.807) is 0 Å². The normalized spacial score (nSPS) is 16.8. The summed E-state index contributed by atoms with van der Waals surface area (Å²) in [4.78, 5) is 30.2. The van der Waals surface area contributed by atoms with Crippen LogP contribution in [0.15, 0.2) is 30.3 Å². The molecule has 0 bridgehead atoms. The minimum absolute atomic E-state index is 0.0179. The van der Waals surface area contributed by atoms with E-state index in [9.17, 15) is 17.8 Å². The van der Waals surface area contributed by atoms with E-state index in [-0.39, 0.29) is 30.5 Å². The summed E-state index contributed by atoms with van der Waals surface area (Å²) in [7, 11) is -8.44. The van der Waals surface area contributed by atoms with Gasteiger partial charge in [0.15, 0.2) is 9.84 Å². The third-order valence-electron chi connectivity index (χ3n) is 4.70. The number of hydrogen-bond donors (Lipinski definition) is 3. The van der Waals surface area contributed by atoms with Crippen molar-refractivity contribution < 1.29 is 32.1 Å². The summed E-state index contributed by atoms with van der Waals surface area (Å²) in [5.41, 5.74) is 0.986. The SMILES string of the molecule is O=C(CCc1ccccc1)NCC(CS(=O)(=O)CC1CCCC1)OP(=O)(O)O. The molecular weight excluding hydrogens is 405 g/mol. The molecule has 1 aromatic carbocycles. The number of phosphoric ester groups is 1. The number of nitrogens with one attached hydrogen (secondary N) is 1. The Labute approximate surface area is 165 Å². The summed E-state index contributed by atoms with van der Waals surface area (Å²) in [6, 6.07) is 9.39. The van der Waals surface area contributed by atoms with Crippen LogP contribution in [0, 0.1) is 5.92 Å². The fourth-order valence-corrected chi connectivity index (χ4v) is 6.01. The molecular formula is C18H28NO7PS. The summed E-state index contributed by atoms with van der Waals surface area (Å²) in [5.74, 6) is -0.804. The lowest BCUT2D eigenvalue weighted by Gasteiger charge is -2.20. The average molecular weight is 433 g/mol. The van der Waals surface area contributed by atoms with Crippen LogP contribution in [-0.2, 0) is 30.1 Å². The first-order valence-corrected chi connectivity index (χ1v) is 12.7. The van der Waals surface area contributed by atoms with E-state index < -0.39 is 29.5 Å². The number of carbonyl (C=O) groups is 1. The number of sulfone groups is 1. The number of hydrogen-bond acceptors (Lipinski definition) is 5. The van der Waals surface area contributed by atoms with Crippen LogP contribution in [0.3, 0.4) is 0 Å². The van der Waals surface area contributed by atoms with Gasteiger partial charge in [0, 0.05) is 13.0 Å². The number of phosphoric acid groups is 1. The second kappa shape index (κ2) is 10.5. The third kappa shape index (κ3) is 9.30. The van der Waals surface area contributed by atoms with Crippen LogP contribution in [0.1, 0.15) is 37.7 Å². The maximum atomic E-state index is 12.4. The minimum atomic E-state index is -4.88. The summed E-state index contributed by atoms with van der Waals surface area (Å²) in [5, 5.41) is 2.52. The number of rotatable bonds is 11. The van der Waals surface area contributed by atoms with Crippen molar-refractivity contribution in [3.05, 3.63) is 35.9 Å². The van der Waals surface area contributed by atoms with Gasteiger partial charge in [-0.25, -0.2) is 13.0 Å². The Kier molecular flexibility index (Phi) is 8.64. The average Bonchev–Trinajstić information content (AvgIpc) is 3.09. The van der Waals surface area contributed by atoms with Gasteiger partial charge in [0.05, 0.1) is 11.5 Å². The van der Waals surface area contributed by atoms with Crippen LogP contribution in [0.4, 0.5) is 0 Å². The third-order valence-corrected chi connectivity index (χ3v) is 7.13. The van der Waals surface area contributed by atoms with Crippen LogP contribution >= 0.6 is 7.82 Å². The fourth-order valence-electron chi connectivity index (χ4n) is 3.43. The first-order chi connectivity index (χ1) is 13.1. The van der Waals surface area contributed by atoms with Gasteiger partial charge in [0.1, 0.15) is 6.10 Å². The topological polar surface area (TPSA) is 130 Å². The first-order valence-electron chi connectivity index (χ1n) is 9.38. The van der Waals surface area contributed by atoms with Crippen molar-refractivity contribution in [1.29, 1.82) is 0 Å². The Balaban J connectivity index is 1.87. The molecule has 1 unspecified atom stereocenters. The van der Waals surface area contributed by atoms with Crippen LogP contribution in [0.5, 0.6) is 0 Å². The molecule has 2 rings (SSSR count). The van der Waals surface area contributed by atoms with Crippen molar-refractivity contribution in [3.63, 3.8) is 0 Å². The molecule has 0 aliphatic heterocycles. The largest absolute Gasteiger partial charge is 0.469 e. The molecule has 1 aliphatic carbocycles. The van der Waals surface area contributed by atoms with Gasteiger partial charge < -0.3 is 15.1 Å². The Morgan fingerprint density at radius 3 is 2.46 bits per heavy atom. The molecule has 8 nitrogen and oxygen atoms in total. The quantitative estimate of drug-likeness (QED) is 0.454. The summed E-state index contributed by atoms with van der Waals surface area (Å²) in [6.07, 6.45) is 3.09. The molecule has 28 heavy (non-hydrogen) atoms. The maximum absolute atomic E-state index is 12.4. The number of amides is 1. The van der Waals surface area contributed by atoms with E-state index >= 15 is 0 Å². The second-order valence-corrected chi connectivity index (χ2v) is 10.6. The summed E-state index contributed by atoms with van der Waals surface area (Å²) >= 11 is 0. The van der Waals surface area contributed by atoms with E-state index in [4.69, 9.17) is 9.79 Å². The Bertz CT molecular complexity index is 772. The van der Waals surface area contributed by atoms with E-state index in [1.807, 2.05) is 30.3 Å². The summed E-state index contributed by atoms with van der Waals surface area (Å²) < 4.78 is 40.6. The van der Waals surface area contributed by atoms with Gasteiger partial charge in [-0.2, -0.15) is 0 Å².